The predicted octanol–water partition coefficient (Wildman–Crippen LogP) is 2.36. The number of aromatic nitrogens is 5. The fourth-order valence-corrected chi connectivity index (χ4v) is 5.24. The fourth-order valence-electron chi connectivity index (χ4n) is 5.24. The van der Waals surface area contributed by atoms with Crippen LogP contribution < -0.4 is 10.6 Å². The van der Waals surface area contributed by atoms with Gasteiger partial charge in [-0.15, -0.1) is 0 Å². The lowest BCUT2D eigenvalue weighted by atomic mass is 10.1. The quantitative estimate of drug-likeness (QED) is 0.239. The number of anilines is 2. The zero-order chi connectivity index (χ0) is 27.5. The number of hydrogen-bond acceptors (Lipinski definition) is 12. The highest BCUT2D eigenvalue weighted by Gasteiger charge is 2.47. The maximum Gasteiger partial charge on any atom is 0.226 e. The second-order valence-corrected chi connectivity index (χ2v) is 10.5. The number of nitrogens with one attached hydrogen (secondary N) is 2. The SMILES string of the molecule is CCC(CC)Nc1nc(NCCN2CCCCC2)nc2c1ncn2[C@@H]1O[C@H](c2cc(C(C)O)no2)[C@@H](O)[C@H]1O. The molecule has 0 radical (unpaired) electrons. The van der Waals surface area contributed by atoms with Crippen LogP contribution in [0.1, 0.15) is 82.8 Å². The van der Waals surface area contributed by atoms with Crippen molar-refractivity contribution in [3.8, 4) is 0 Å². The van der Waals surface area contributed by atoms with Crippen LogP contribution in [-0.2, 0) is 4.74 Å². The van der Waals surface area contributed by atoms with Gasteiger partial charge < -0.3 is 40.1 Å². The van der Waals surface area contributed by atoms with Crippen LogP contribution >= 0.6 is 0 Å². The smallest absolute Gasteiger partial charge is 0.226 e. The Hall–Kier alpha value is -2.84. The van der Waals surface area contributed by atoms with E-state index < -0.39 is 30.6 Å². The van der Waals surface area contributed by atoms with Crippen molar-refractivity contribution in [2.24, 2.45) is 0 Å². The van der Waals surface area contributed by atoms with Crippen LogP contribution in [0.4, 0.5) is 11.8 Å². The molecule has 5 rings (SSSR count). The molecule has 2 fully saturated rings. The molecule has 0 aromatic carbocycles. The van der Waals surface area contributed by atoms with Crippen LogP contribution in [0.25, 0.3) is 11.2 Å². The first-order chi connectivity index (χ1) is 18.9. The van der Waals surface area contributed by atoms with Crippen molar-refractivity contribution in [3.05, 3.63) is 23.8 Å². The van der Waals surface area contributed by atoms with Gasteiger partial charge in [0.2, 0.25) is 5.95 Å². The maximum atomic E-state index is 11.0. The lowest BCUT2D eigenvalue weighted by molar-refractivity contribution is -0.0434. The third kappa shape index (κ3) is 5.87. The van der Waals surface area contributed by atoms with E-state index in [-0.39, 0.29) is 11.8 Å². The maximum absolute atomic E-state index is 11.0. The first-order valence-corrected chi connectivity index (χ1v) is 14.0. The average molecular weight is 545 g/mol. The standard InChI is InChI=1S/C26H40N8O5/c1-4-16(5-2)29-23-19-24(31-26(30-23)27-9-12-33-10-7-6-8-11-33)34(14-28-19)25-21(37)20(36)22(38-25)18-13-17(15(3)35)32-39-18/h13-16,20-22,25,35-37H,4-12H2,1-3H3,(H2,27,29,30,31)/t15?,20-,21+,22+,25+/m0/s1. The minimum atomic E-state index is -1.28. The summed E-state index contributed by atoms with van der Waals surface area (Å²) in [5, 5.41) is 42.3. The number of aliphatic hydroxyl groups excluding tert-OH is 3. The molecule has 13 nitrogen and oxygen atoms in total. The highest BCUT2D eigenvalue weighted by Crippen LogP contribution is 2.40. The second-order valence-electron chi connectivity index (χ2n) is 10.5. The minimum absolute atomic E-state index is 0.212. The van der Waals surface area contributed by atoms with E-state index in [9.17, 15) is 15.3 Å². The molecule has 0 spiro atoms. The molecular weight excluding hydrogens is 504 g/mol. The van der Waals surface area contributed by atoms with E-state index >= 15 is 0 Å². The molecule has 13 heteroatoms. The van der Waals surface area contributed by atoms with Crippen molar-refractivity contribution < 1.29 is 24.6 Å². The van der Waals surface area contributed by atoms with Crippen molar-refractivity contribution >= 4 is 22.9 Å². The Bertz CT molecular complexity index is 1220. The van der Waals surface area contributed by atoms with Gasteiger partial charge in [-0.05, 0) is 45.7 Å². The summed E-state index contributed by atoms with van der Waals surface area (Å²) in [5.41, 5.74) is 1.34. The third-order valence-corrected chi connectivity index (χ3v) is 7.68. The summed E-state index contributed by atoms with van der Waals surface area (Å²) >= 11 is 0. The summed E-state index contributed by atoms with van der Waals surface area (Å²) < 4.78 is 13.0. The molecule has 2 aliphatic heterocycles. The van der Waals surface area contributed by atoms with Crippen molar-refractivity contribution in [3.63, 3.8) is 0 Å². The second kappa shape index (κ2) is 12.1. The first kappa shape index (κ1) is 27.7. The number of likely N-dealkylation sites (tertiary alicyclic amines) is 1. The summed E-state index contributed by atoms with van der Waals surface area (Å²) in [6, 6.07) is 1.73. The molecule has 2 aliphatic rings. The van der Waals surface area contributed by atoms with Gasteiger partial charge >= 0.3 is 0 Å². The number of fused-ring (bicyclic) bond motifs is 1. The molecule has 0 aliphatic carbocycles. The van der Waals surface area contributed by atoms with Gasteiger partial charge in [-0.2, -0.15) is 9.97 Å². The van der Waals surface area contributed by atoms with E-state index in [2.05, 4.69) is 39.5 Å². The number of hydrogen-bond donors (Lipinski definition) is 5. The lowest BCUT2D eigenvalue weighted by Crippen LogP contribution is -2.34. The molecular formula is C26H40N8O5. The number of imidazole rings is 1. The van der Waals surface area contributed by atoms with E-state index in [0.29, 0.717) is 35.2 Å². The highest BCUT2D eigenvalue weighted by molar-refractivity contribution is 5.84. The van der Waals surface area contributed by atoms with Crippen molar-refractivity contribution in [2.45, 2.75) is 89.6 Å². The molecule has 3 aromatic rings. The Morgan fingerprint density at radius 2 is 1.87 bits per heavy atom. The van der Waals surface area contributed by atoms with Crippen LogP contribution in [-0.4, -0.2) is 89.3 Å². The summed E-state index contributed by atoms with van der Waals surface area (Å²) in [6.07, 6.45) is 1.78. The van der Waals surface area contributed by atoms with Gasteiger partial charge in [0.25, 0.3) is 0 Å². The number of ether oxygens (including phenoxy) is 1. The predicted molar refractivity (Wildman–Crippen MR) is 144 cm³/mol. The molecule has 5 N–H and O–H groups in total. The van der Waals surface area contributed by atoms with Gasteiger partial charge in [0.15, 0.2) is 29.0 Å². The fraction of sp³-hybridized carbons (Fsp3) is 0.692. The first-order valence-electron chi connectivity index (χ1n) is 14.0. The highest BCUT2D eigenvalue weighted by atomic mass is 16.6. The van der Waals surface area contributed by atoms with Gasteiger partial charge in [-0.25, -0.2) is 4.98 Å². The summed E-state index contributed by atoms with van der Waals surface area (Å²) in [5.74, 6) is 1.28. The normalized spacial score (nSPS) is 25.0. The lowest BCUT2D eigenvalue weighted by Gasteiger charge is -2.26. The van der Waals surface area contributed by atoms with Crippen LogP contribution in [0, 0.1) is 0 Å². The Labute approximate surface area is 227 Å². The summed E-state index contributed by atoms with van der Waals surface area (Å²) in [4.78, 5) is 16.5. The molecule has 1 unspecified atom stereocenters. The summed E-state index contributed by atoms with van der Waals surface area (Å²) in [7, 11) is 0. The zero-order valence-corrected chi connectivity index (χ0v) is 22.8. The van der Waals surface area contributed by atoms with Gasteiger partial charge in [0, 0.05) is 25.2 Å². The Morgan fingerprint density at radius 3 is 2.56 bits per heavy atom. The van der Waals surface area contributed by atoms with Crippen LogP contribution in [0.15, 0.2) is 16.9 Å². The van der Waals surface area contributed by atoms with E-state index in [0.717, 1.165) is 32.5 Å². The Balaban J connectivity index is 1.42. The van der Waals surface area contributed by atoms with E-state index in [1.165, 1.54) is 25.3 Å². The van der Waals surface area contributed by atoms with Crippen molar-refractivity contribution in [1.82, 2.24) is 29.6 Å². The minimum Gasteiger partial charge on any atom is -0.387 e. The van der Waals surface area contributed by atoms with Gasteiger partial charge in [0.1, 0.15) is 24.0 Å². The van der Waals surface area contributed by atoms with E-state index in [4.69, 9.17) is 19.2 Å². The average Bonchev–Trinajstić information content (AvgIpc) is 3.66. The Morgan fingerprint density at radius 1 is 1.10 bits per heavy atom. The van der Waals surface area contributed by atoms with Crippen molar-refractivity contribution in [2.75, 3.05) is 36.8 Å². The molecule has 0 saturated carbocycles. The molecule has 0 amide bonds. The zero-order valence-electron chi connectivity index (χ0n) is 22.8. The third-order valence-electron chi connectivity index (χ3n) is 7.68. The number of rotatable bonds is 11. The van der Waals surface area contributed by atoms with Gasteiger partial charge in [-0.3, -0.25) is 4.57 Å². The number of piperidine rings is 1. The molecule has 39 heavy (non-hydrogen) atoms. The molecule has 214 valence electrons. The molecule has 5 heterocycles. The summed E-state index contributed by atoms with van der Waals surface area (Å²) in [6.45, 7) is 9.62. The molecule has 0 bridgehead atoms. The van der Waals surface area contributed by atoms with Crippen LogP contribution in [0.3, 0.4) is 0 Å². The van der Waals surface area contributed by atoms with Crippen molar-refractivity contribution in [1.29, 1.82) is 0 Å². The molecule has 5 atom stereocenters. The number of aliphatic hydroxyl groups is 3. The van der Waals surface area contributed by atoms with E-state index in [1.807, 2.05) is 0 Å². The molecule has 3 aromatic heterocycles. The topological polar surface area (TPSA) is 167 Å². The van der Waals surface area contributed by atoms with Crippen LogP contribution in [0.2, 0.25) is 0 Å². The van der Waals surface area contributed by atoms with Crippen LogP contribution in [0.5, 0.6) is 0 Å². The monoisotopic (exact) mass is 544 g/mol. The van der Waals surface area contributed by atoms with Gasteiger partial charge in [-0.1, -0.05) is 25.4 Å². The molecule has 2 saturated heterocycles. The largest absolute Gasteiger partial charge is 0.387 e. The Kier molecular flexibility index (Phi) is 8.62. The van der Waals surface area contributed by atoms with Gasteiger partial charge in [0.05, 0.1) is 12.4 Å². The number of nitrogens with zero attached hydrogens (tertiary/aromatic N) is 6. The van der Waals surface area contributed by atoms with E-state index in [1.54, 1.807) is 17.8 Å².